The van der Waals surface area contributed by atoms with Crippen molar-refractivity contribution in [2.45, 2.75) is 12.8 Å². The highest BCUT2D eigenvalue weighted by atomic mass is 79.9. The van der Waals surface area contributed by atoms with Crippen LogP contribution in [0.1, 0.15) is 11.1 Å². The van der Waals surface area contributed by atoms with Crippen LogP contribution in [0.4, 0.5) is 0 Å². The molecule has 0 heterocycles. The predicted molar refractivity (Wildman–Crippen MR) is 83.0 cm³/mol. The fourth-order valence-corrected chi connectivity index (χ4v) is 2.61. The number of carbonyl (C=O) groups is 1. The lowest BCUT2D eigenvalue weighted by atomic mass is 10.0. The molecule has 0 N–H and O–H groups in total. The molecular formula is C15H11BrCl2O. The Hall–Kier alpha value is -0.830. The minimum Gasteiger partial charge on any atom is -0.299 e. The Morgan fingerprint density at radius 3 is 2.42 bits per heavy atom. The average Bonchev–Trinajstić information content (AvgIpc) is 2.37. The molecule has 0 bridgehead atoms. The number of Topliss-reactive ketones (excluding diaryl/α,β-unsaturated/α-hetero) is 1. The van der Waals surface area contributed by atoms with Gasteiger partial charge in [-0.3, -0.25) is 4.79 Å². The molecule has 0 amide bonds. The molecule has 0 saturated carbocycles. The SMILES string of the molecule is O=C(Cc1cc(Cl)ccc1Cl)Cc1ccccc1Br. The first-order valence-electron chi connectivity index (χ1n) is 5.75. The summed E-state index contributed by atoms with van der Waals surface area (Å²) in [4.78, 5) is 12.1. The van der Waals surface area contributed by atoms with Crippen molar-refractivity contribution in [2.75, 3.05) is 0 Å². The van der Waals surface area contributed by atoms with Crippen LogP contribution in [-0.2, 0) is 17.6 Å². The van der Waals surface area contributed by atoms with Gasteiger partial charge in [-0.15, -0.1) is 0 Å². The Labute approximate surface area is 130 Å². The maximum Gasteiger partial charge on any atom is 0.141 e. The molecular weight excluding hydrogens is 347 g/mol. The highest BCUT2D eigenvalue weighted by Gasteiger charge is 2.10. The van der Waals surface area contributed by atoms with E-state index in [4.69, 9.17) is 23.2 Å². The van der Waals surface area contributed by atoms with Crippen molar-refractivity contribution < 1.29 is 4.79 Å². The van der Waals surface area contributed by atoms with Crippen molar-refractivity contribution in [3.05, 3.63) is 68.1 Å². The van der Waals surface area contributed by atoms with Gasteiger partial charge in [0, 0.05) is 27.4 Å². The van der Waals surface area contributed by atoms with Crippen molar-refractivity contribution in [3.63, 3.8) is 0 Å². The van der Waals surface area contributed by atoms with Gasteiger partial charge in [0.1, 0.15) is 5.78 Å². The van der Waals surface area contributed by atoms with Gasteiger partial charge in [-0.25, -0.2) is 0 Å². The van der Waals surface area contributed by atoms with Crippen molar-refractivity contribution in [1.29, 1.82) is 0 Å². The van der Waals surface area contributed by atoms with Gasteiger partial charge < -0.3 is 0 Å². The lowest BCUT2D eigenvalue weighted by Gasteiger charge is -2.06. The third-order valence-corrected chi connectivity index (χ3v) is 4.12. The van der Waals surface area contributed by atoms with Crippen molar-refractivity contribution in [3.8, 4) is 0 Å². The lowest BCUT2D eigenvalue weighted by Crippen LogP contribution is -2.07. The summed E-state index contributed by atoms with van der Waals surface area (Å²) >= 11 is 15.4. The van der Waals surface area contributed by atoms with Crippen LogP contribution >= 0.6 is 39.1 Å². The van der Waals surface area contributed by atoms with Gasteiger partial charge in [0.2, 0.25) is 0 Å². The molecule has 0 fully saturated rings. The number of benzene rings is 2. The van der Waals surface area contributed by atoms with Gasteiger partial charge >= 0.3 is 0 Å². The molecule has 2 aromatic rings. The van der Waals surface area contributed by atoms with Crippen LogP contribution < -0.4 is 0 Å². The average molecular weight is 358 g/mol. The van der Waals surface area contributed by atoms with Gasteiger partial charge in [0.15, 0.2) is 0 Å². The molecule has 0 aliphatic rings. The number of ketones is 1. The third-order valence-electron chi connectivity index (χ3n) is 2.74. The van der Waals surface area contributed by atoms with Crippen LogP contribution in [0.3, 0.4) is 0 Å². The summed E-state index contributed by atoms with van der Waals surface area (Å²) < 4.78 is 0.945. The van der Waals surface area contributed by atoms with Crippen LogP contribution in [0.2, 0.25) is 10.0 Å². The largest absolute Gasteiger partial charge is 0.299 e. The summed E-state index contributed by atoms with van der Waals surface area (Å²) in [5.41, 5.74) is 1.75. The molecule has 2 rings (SSSR count). The number of hydrogen-bond acceptors (Lipinski definition) is 1. The minimum absolute atomic E-state index is 0.107. The summed E-state index contributed by atoms with van der Waals surface area (Å²) in [6.45, 7) is 0. The monoisotopic (exact) mass is 356 g/mol. The van der Waals surface area contributed by atoms with Crippen LogP contribution in [0.25, 0.3) is 0 Å². The van der Waals surface area contributed by atoms with E-state index in [1.165, 1.54) is 0 Å². The van der Waals surface area contributed by atoms with Gasteiger partial charge in [-0.1, -0.05) is 57.3 Å². The smallest absolute Gasteiger partial charge is 0.141 e. The highest BCUT2D eigenvalue weighted by Crippen LogP contribution is 2.22. The molecule has 0 aliphatic heterocycles. The Bertz CT molecular complexity index is 611. The molecule has 0 radical (unpaired) electrons. The molecule has 19 heavy (non-hydrogen) atoms. The Morgan fingerprint density at radius 2 is 1.68 bits per heavy atom. The van der Waals surface area contributed by atoms with E-state index in [1.807, 2.05) is 24.3 Å². The van der Waals surface area contributed by atoms with E-state index < -0.39 is 0 Å². The molecule has 4 heteroatoms. The number of hydrogen-bond donors (Lipinski definition) is 0. The first kappa shape index (κ1) is 14.6. The van der Waals surface area contributed by atoms with E-state index in [1.54, 1.807) is 18.2 Å². The van der Waals surface area contributed by atoms with Crippen molar-refractivity contribution in [1.82, 2.24) is 0 Å². The fraction of sp³-hybridized carbons (Fsp3) is 0.133. The normalized spacial score (nSPS) is 10.5. The van der Waals surface area contributed by atoms with E-state index in [9.17, 15) is 4.79 Å². The Morgan fingerprint density at radius 1 is 1.00 bits per heavy atom. The second kappa shape index (κ2) is 6.56. The topological polar surface area (TPSA) is 17.1 Å². The summed E-state index contributed by atoms with van der Waals surface area (Å²) in [7, 11) is 0. The first-order valence-corrected chi connectivity index (χ1v) is 7.30. The Balaban J connectivity index is 2.10. The number of carbonyl (C=O) groups excluding carboxylic acids is 1. The van der Waals surface area contributed by atoms with E-state index in [2.05, 4.69) is 15.9 Å². The summed E-state index contributed by atoms with van der Waals surface area (Å²) in [5.74, 6) is 0.107. The standard InChI is InChI=1S/C15H11BrCl2O/c16-14-4-2-1-3-10(14)8-13(19)9-11-7-12(17)5-6-15(11)18/h1-7H,8-9H2. The third kappa shape index (κ3) is 4.07. The molecule has 1 nitrogen and oxygen atoms in total. The zero-order chi connectivity index (χ0) is 13.8. The van der Waals surface area contributed by atoms with E-state index >= 15 is 0 Å². The molecule has 0 spiro atoms. The first-order chi connectivity index (χ1) is 9.06. The lowest BCUT2D eigenvalue weighted by molar-refractivity contribution is -0.117. The summed E-state index contributed by atoms with van der Waals surface area (Å²) in [5, 5.41) is 1.16. The molecule has 0 saturated heterocycles. The molecule has 2 aromatic carbocycles. The second-order valence-electron chi connectivity index (χ2n) is 4.22. The van der Waals surface area contributed by atoms with Crippen LogP contribution in [-0.4, -0.2) is 5.78 Å². The summed E-state index contributed by atoms with van der Waals surface area (Å²) in [6, 6.07) is 12.9. The summed E-state index contributed by atoms with van der Waals surface area (Å²) in [6.07, 6.45) is 0.672. The van der Waals surface area contributed by atoms with Crippen LogP contribution in [0.5, 0.6) is 0 Å². The fourth-order valence-electron chi connectivity index (χ4n) is 1.81. The van der Waals surface area contributed by atoms with Gasteiger partial charge in [-0.05, 0) is 35.4 Å². The quantitative estimate of drug-likeness (QED) is 0.743. The minimum atomic E-state index is 0.107. The van der Waals surface area contributed by atoms with E-state index in [-0.39, 0.29) is 5.78 Å². The van der Waals surface area contributed by atoms with Gasteiger partial charge in [0.05, 0.1) is 0 Å². The second-order valence-corrected chi connectivity index (χ2v) is 5.92. The maximum atomic E-state index is 12.1. The molecule has 0 aliphatic carbocycles. The van der Waals surface area contributed by atoms with E-state index in [0.29, 0.717) is 22.9 Å². The Kier molecular flexibility index (Phi) is 5.03. The zero-order valence-electron chi connectivity index (χ0n) is 10.00. The van der Waals surface area contributed by atoms with Crippen LogP contribution in [0.15, 0.2) is 46.9 Å². The van der Waals surface area contributed by atoms with Gasteiger partial charge in [0.25, 0.3) is 0 Å². The molecule has 0 unspecified atom stereocenters. The molecule has 98 valence electrons. The van der Waals surface area contributed by atoms with Crippen molar-refractivity contribution >= 4 is 44.9 Å². The maximum absolute atomic E-state index is 12.1. The van der Waals surface area contributed by atoms with Crippen molar-refractivity contribution in [2.24, 2.45) is 0 Å². The zero-order valence-corrected chi connectivity index (χ0v) is 13.1. The molecule has 0 aromatic heterocycles. The van der Waals surface area contributed by atoms with Crippen LogP contribution in [0, 0.1) is 0 Å². The number of rotatable bonds is 4. The molecule has 0 atom stereocenters. The van der Waals surface area contributed by atoms with E-state index in [0.717, 1.165) is 15.6 Å². The highest BCUT2D eigenvalue weighted by molar-refractivity contribution is 9.10. The number of halogens is 3. The predicted octanol–water partition coefficient (Wildman–Crippen LogP) is 5.11. The van der Waals surface area contributed by atoms with Gasteiger partial charge in [-0.2, -0.15) is 0 Å².